The molecule has 0 saturated carbocycles. The number of rotatable bonds is 6. The lowest BCUT2D eigenvalue weighted by atomic mass is 9.90. The second-order valence-corrected chi connectivity index (χ2v) is 9.15. The van der Waals surface area contributed by atoms with Gasteiger partial charge in [0.25, 0.3) is 5.56 Å². The van der Waals surface area contributed by atoms with Gasteiger partial charge in [-0.1, -0.05) is 36.8 Å². The summed E-state index contributed by atoms with van der Waals surface area (Å²) >= 11 is 1.63. The number of fused-ring (bicyclic) bond motifs is 1. The Labute approximate surface area is 170 Å². The fraction of sp³-hybridized carbons (Fsp3) is 0.478. The second kappa shape index (κ2) is 8.58. The number of likely N-dealkylation sites (tertiary alicyclic amines) is 1. The maximum absolute atomic E-state index is 12.8. The molecule has 1 saturated heterocycles. The van der Waals surface area contributed by atoms with Gasteiger partial charge in [-0.3, -0.25) is 14.3 Å². The van der Waals surface area contributed by atoms with Crippen LogP contribution < -0.4 is 5.56 Å². The lowest BCUT2D eigenvalue weighted by molar-refractivity contribution is 0.142. The van der Waals surface area contributed by atoms with Gasteiger partial charge in [0, 0.05) is 18.0 Å². The van der Waals surface area contributed by atoms with Crippen LogP contribution in [0.3, 0.4) is 0 Å². The predicted molar refractivity (Wildman–Crippen MR) is 117 cm³/mol. The highest BCUT2D eigenvalue weighted by Crippen LogP contribution is 2.24. The molecule has 5 heteroatoms. The minimum absolute atomic E-state index is 0.0995. The summed E-state index contributed by atoms with van der Waals surface area (Å²) in [5.41, 5.74) is 2.87. The summed E-state index contributed by atoms with van der Waals surface area (Å²) in [5, 5.41) is 0.775. The van der Waals surface area contributed by atoms with Crippen LogP contribution in [0.4, 0.5) is 0 Å². The molecule has 3 heterocycles. The molecule has 0 unspecified atom stereocenters. The van der Waals surface area contributed by atoms with Gasteiger partial charge in [-0.05, 0) is 56.6 Å². The van der Waals surface area contributed by atoms with E-state index >= 15 is 0 Å². The third kappa shape index (κ3) is 4.36. The van der Waals surface area contributed by atoms with Crippen molar-refractivity contribution in [3.8, 4) is 0 Å². The summed E-state index contributed by atoms with van der Waals surface area (Å²) in [5.74, 6) is 0.791. The first kappa shape index (κ1) is 19.3. The van der Waals surface area contributed by atoms with E-state index in [2.05, 4.69) is 48.0 Å². The van der Waals surface area contributed by atoms with Crippen molar-refractivity contribution in [2.75, 3.05) is 13.1 Å². The van der Waals surface area contributed by atoms with Crippen LogP contribution in [0.1, 0.15) is 42.2 Å². The molecule has 4 rings (SSSR count). The quantitative estimate of drug-likeness (QED) is 0.611. The topological polar surface area (TPSA) is 38.1 Å². The summed E-state index contributed by atoms with van der Waals surface area (Å²) in [4.78, 5) is 21.8. The molecular weight excluding hydrogens is 366 g/mol. The van der Waals surface area contributed by atoms with Gasteiger partial charge in [0.05, 0.1) is 12.1 Å². The number of hydrogen-bond donors (Lipinski definition) is 0. The second-order valence-electron chi connectivity index (χ2n) is 8.03. The van der Waals surface area contributed by atoms with Crippen molar-refractivity contribution in [1.82, 2.24) is 14.5 Å². The first-order valence-electron chi connectivity index (χ1n) is 10.4. The van der Waals surface area contributed by atoms with Crippen molar-refractivity contribution in [2.45, 2.75) is 52.6 Å². The Morgan fingerprint density at radius 1 is 1.18 bits per heavy atom. The Morgan fingerprint density at radius 3 is 2.64 bits per heavy atom. The third-order valence-electron chi connectivity index (χ3n) is 5.94. The minimum Gasteiger partial charge on any atom is -0.286 e. The SMILES string of the molecule is CCc1cc2c(=O)n(CN3CCC(CCc4ccc(C)cc4)CC3)cnc2s1. The zero-order chi connectivity index (χ0) is 19.5. The van der Waals surface area contributed by atoms with Crippen LogP contribution in [-0.2, 0) is 19.5 Å². The standard InChI is InChI=1S/C23H29N3OS/c1-3-20-14-21-22(28-20)24-15-26(23(21)27)16-25-12-10-19(11-13-25)9-8-18-6-4-17(2)5-7-18/h4-7,14-15,19H,3,8-13,16H2,1-2H3. The maximum atomic E-state index is 12.8. The van der Waals surface area contributed by atoms with Gasteiger partial charge in [0.1, 0.15) is 11.2 Å². The highest BCUT2D eigenvalue weighted by molar-refractivity contribution is 7.18. The molecule has 0 N–H and O–H groups in total. The Balaban J connectivity index is 1.32. The lowest BCUT2D eigenvalue weighted by Gasteiger charge is -2.32. The molecule has 1 aromatic carbocycles. The van der Waals surface area contributed by atoms with E-state index in [4.69, 9.17) is 0 Å². The number of nitrogens with zero attached hydrogens (tertiary/aromatic N) is 3. The van der Waals surface area contributed by atoms with Crippen molar-refractivity contribution >= 4 is 21.6 Å². The van der Waals surface area contributed by atoms with E-state index in [1.165, 1.54) is 41.7 Å². The largest absolute Gasteiger partial charge is 0.286 e. The fourth-order valence-corrected chi connectivity index (χ4v) is 4.97. The molecule has 1 aliphatic rings. The smallest absolute Gasteiger partial charge is 0.263 e. The molecule has 0 atom stereocenters. The normalized spacial score (nSPS) is 16.1. The van der Waals surface area contributed by atoms with Crippen LogP contribution >= 0.6 is 11.3 Å². The monoisotopic (exact) mass is 395 g/mol. The number of aromatic nitrogens is 2. The summed E-state index contributed by atoms with van der Waals surface area (Å²) in [6.45, 7) is 7.04. The number of piperidine rings is 1. The first-order valence-corrected chi connectivity index (χ1v) is 11.2. The van der Waals surface area contributed by atoms with Crippen molar-refractivity contribution in [3.63, 3.8) is 0 Å². The summed E-state index contributed by atoms with van der Waals surface area (Å²) in [6.07, 6.45) is 7.55. The minimum atomic E-state index is 0.0995. The lowest BCUT2D eigenvalue weighted by Crippen LogP contribution is -2.38. The zero-order valence-corrected chi connectivity index (χ0v) is 17.7. The van der Waals surface area contributed by atoms with Gasteiger partial charge >= 0.3 is 0 Å². The Kier molecular flexibility index (Phi) is 5.93. The summed E-state index contributed by atoms with van der Waals surface area (Å²) < 4.78 is 1.78. The van der Waals surface area contributed by atoms with Crippen LogP contribution in [0.15, 0.2) is 41.5 Å². The summed E-state index contributed by atoms with van der Waals surface area (Å²) in [6, 6.07) is 10.9. The molecule has 4 nitrogen and oxygen atoms in total. The zero-order valence-electron chi connectivity index (χ0n) is 16.9. The molecule has 0 spiro atoms. The molecule has 148 valence electrons. The van der Waals surface area contributed by atoms with E-state index in [1.54, 1.807) is 22.2 Å². The molecule has 0 radical (unpaired) electrons. The number of aryl methyl sites for hydroxylation is 3. The van der Waals surface area contributed by atoms with Crippen molar-refractivity contribution in [2.24, 2.45) is 5.92 Å². The Bertz CT molecular complexity index is 981. The maximum Gasteiger partial charge on any atom is 0.263 e. The average Bonchev–Trinajstić information content (AvgIpc) is 3.15. The average molecular weight is 396 g/mol. The molecule has 0 aliphatic carbocycles. The fourth-order valence-electron chi connectivity index (χ4n) is 4.04. The summed E-state index contributed by atoms with van der Waals surface area (Å²) in [7, 11) is 0. The van der Waals surface area contributed by atoms with Gasteiger partial charge in [-0.15, -0.1) is 11.3 Å². The predicted octanol–water partition coefficient (Wildman–Crippen LogP) is 4.63. The first-order chi connectivity index (χ1) is 13.6. The Hall–Kier alpha value is -1.98. The van der Waals surface area contributed by atoms with Crippen molar-refractivity contribution in [3.05, 3.63) is 63.0 Å². The number of thiophene rings is 1. The van der Waals surface area contributed by atoms with Gasteiger partial charge in [0.15, 0.2) is 0 Å². The van der Waals surface area contributed by atoms with Crippen molar-refractivity contribution < 1.29 is 0 Å². The number of benzene rings is 1. The molecule has 1 aliphatic heterocycles. The molecule has 1 fully saturated rings. The van der Waals surface area contributed by atoms with Crippen LogP contribution in [0, 0.1) is 12.8 Å². The van der Waals surface area contributed by atoms with Crippen LogP contribution in [0.5, 0.6) is 0 Å². The van der Waals surface area contributed by atoms with E-state index in [0.29, 0.717) is 6.67 Å². The van der Waals surface area contributed by atoms with Crippen LogP contribution in [0.25, 0.3) is 10.2 Å². The van der Waals surface area contributed by atoms with Crippen LogP contribution in [0.2, 0.25) is 0 Å². The van der Waals surface area contributed by atoms with Gasteiger partial charge in [-0.2, -0.15) is 0 Å². The van der Waals surface area contributed by atoms with E-state index in [1.807, 2.05) is 6.07 Å². The third-order valence-corrected chi connectivity index (χ3v) is 7.13. The molecule has 0 bridgehead atoms. The van der Waals surface area contributed by atoms with E-state index in [-0.39, 0.29) is 5.56 Å². The van der Waals surface area contributed by atoms with E-state index in [9.17, 15) is 4.79 Å². The van der Waals surface area contributed by atoms with Crippen LogP contribution in [-0.4, -0.2) is 27.5 Å². The van der Waals surface area contributed by atoms with Gasteiger partial charge in [-0.25, -0.2) is 4.98 Å². The highest BCUT2D eigenvalue weighted by atomic mass is 32.1. The number of hydrogen-bond acceptors (Lipinski definition) is 4. The Morgan fingerprint density at radius 2 is 1.93 bits per heavy atom. The van der Waals surface area contributed by atoms with Crippen molar-refractivity contribution in [1.29, 1.82) is 0 Å². The molecule has 0 amide bonds. The highest BCUT2D eigenvalue weighted by Gasteiger charge is 2.20. The van der Waals surface area contributed by atoms with E-state index < -0.39 is 0 Å². The molecular formula is C23H29N3OS. The van der Waals surface area contributed by atoms with Gasteiger partial charge in [0.2, 0.25) is 0 Å². The molecule has 3 aromatic rings. The van der Waals surface area contributed by atoms with E-state index in [0.717, 1.165) is 35.6 Å². The van der Waals surface area contributed by atoms with Gasteiger partial charge < -0.3 is 0 Å². The molecule has 28 heavy (non-hydrogen) atoms. The molecule has 2 aromatic heterocycles.